The van der Waals surface area contributed by atoms with E-state index in [9.17, 15) is 19.2 Å². The Morgan fingerprint density at radius 2 is 1.82 bits per heavy atom. The summed E-state index contributed by atoms with van der Waals surface area (Å²) in [6.07, 6.45) is 1.05. The molecule has 0 bridgehead atoms. The minimum atomic E-state index is -0.564. The van der Waals surface area contributed by atoms with Crippen molar-refractivity contribution in [3.8, 4) is 0 Å². The highest BCUT2D eigenvalue weighted by atomic mass is 35.5. The number of halogens is 1. The molecule has 152 valence electrons. The summed E-state index contributed by atoms with van der Waals surface area (Å²) in [5.74, 6) is -0.675. The van der Waals surface area contributed by atoms with E-state index in [1.165, 1.54) is 23.2 Å². The van der Waals surface area contributed by atoms with Crippen LogP contribution in [0.4, 0.5) is 0 Å². The number of aryl methyl sites for hydroxylation is 1. The second-order valence-corrected chi connectivity index (χ2v) is 7.09. The Labute approximate surface area is 165 Å². The van der Waals surface area contributed by atoms with Crippen LogP contribution in [-0.4, -0.2) is 55.2 Å². The molecule has 11 heteroatoms. The monoisotopic (exact) mass is 411 g/mol. The van der Waals surface area contributed by atoms with Gasteiger partial charge in [0.1, 0.15) is 6.54 Å². The van der Waals surface area contributed by atoms with Crippen LogP contribution >= 0.6 is 11.6 Å². The second kappa shape index (κ2) is 7.78. The molecule has 0 radical (unpaired) electrons. The first kappa shape index (κ1) is 20.1. The molecule has 0 aromatic carbocycles. The third-order valence-electron chi connectivity index (χ3n) is 5.06. The van der Waals surface area contributed by atoms with E-state index >= 15 is 0 Å². The van der Waals surface area contributed by atoms with Gasteiger partial charge in [0.2, 0.25) is 11.2 Å². The van der Waals surface area contributed by atoms with Gasteiger partial charge in [0.15, 0.2) is 11.2 Å². The molecule has 1 aliphatic rings. The van der Waals surface area contributed by atoms with Gasteiger partial charge >= 0.3 is 11.7 Å². The number of aromatic nitrogens is 4. The summed E-state index contributed by atoms with van der Waals surface area (Å²) in [5.41, 5.74) is -0.853. The number of carbonyl (C=O) groups excluding carboxylic acids is 2. The van der Waals surface area contributed by atoms with Gasteiger partial charge in [0, 0.05) is 27.2 Å². The fourth-order valence-electron chi connectivity index (χ4n) is 3.42. The van der Waals surface area contributed by atoms with Crippen LogP contribution in [-0.2, 0) is 35.0 Å². The van der Waals surface area contributed by atoms with Crippen LogP contribution in [0.1, 0.15) is 19.8 Å². The summed E-state index contributed by atoms with van der Waals surface area (Å²) in [6, 6.07) is 0. The van der Waals surface area contributed by atoms with Gasteiger partial charge in [-0.2, -0.15) is 4.98 Å². The molecule has 0 saturated carbocycles. The number of rotatable bonds is 4. The Morgan fingerprint density at radius 1 is 1.18 bits per heavy atom. The molecular formula is C17H22ClN5O5. The topological polar surface area (TPSA) is 108 Å². The van der Waals surface area contributed by atoms with Crippen molar-refractivity contribution < 1.29 is 14.3 Å². The Hall–Kier alpha value is -2.62. The zero-order valence-corrected chi connectivity index (χ0v) is 16.7. The predicted octanol–water partition coefficient (Wildman–Crippen LogP) is -0.111. The molecule has 1 amide bonds. The van der Waals surface area contributed by atoms with Crippen molar-refractivity contribution >= 4 is 34.6 Å². The molecule has 3 heterocycles. The molecule has 28 heavy (non-hydrogen) atoms. The molecule has 1 saturated heterocycles. The van der Waals surface area contributed by atoms with Crippen molar-refractivity contribution in [1.29, 1.82) is 0 Å². The number of carbonyl (C=O) groups is 2. The SMILES string of the molecule is CCOC(=O)C1CCN(C(=O)Cn2c(Cl)nc3c2c(=O)n(C)c(=O)n3C)CC1. The molecule has 0 spiro atoms. The lowest BCUT2D eigenvalue weighted by Crippen LogP contribution is -2.42. The van der Waals surface area contributed by atoms with Crippen LogP contribution in [0.3, 0.4) is 0 Å². The lowest BCUT2D eigenvalue weighted by Gasteiger charge is -2.31. The van der Waals surface area contributed by atoms with E-state index in [1.807, 2.05) is 0 Å². The zero-order chi connectivity index (χ0) is 20.6. The van der Waals surface area contributed by atoms with Crippen molar-refractivity contribution in [3.05, 3.63) is 26.1 Å². The number of nitrogens with zero attached hydrogens (tertiary/aromatic N) is 5. The van der Waals surface area contributed by atoms with Gasteiger partial charge in [-0.25, -0.2) is 4.79 Å². The maximum atomic E-state index is 12.7. The summed E-state index contributed by atoms with van der Waals surface area (Å²) >= 11 is 6.16. The van der Waals surface area contributed by atoms with Gasteiger partial charge in [0.25, 0.3) is 5.56 Å². The number of ether oxygens (including phenoxy) is 1. The van der Waals surface area contributed by atoms with Gasteiger partial charge in [0.05, 0.1) is 12.5 Å². The lowest BCUT2D eigenvalue weighted by molar-refractivity contribution is -0.151. The van der Waals surface area contributed by atoms with Crippen LogP contribution in [0.2, 0.25) is 5.28 Å². The third-order valence-corrected chi connectivity index (χ3v) is 5.35. The van der Waals surface area contributed by atoms with Crippen molar-refractivity contribution in [2.24, 2.45) is 20.0 Å². The number of imidazole rings is 1. The molecule has 10 nitrogen and oxygen atoms in total. The van der Waals surface area contributed by atoms with Crippen molar-refractivity contribution in [3.63, 3.8) is 0 Å². The first-order chi connectivity index (χ1) is 13.3. The largest absolute Gasteiger partial charge is 0.466 e. The van der Waals surface area contributed by atoms with E-state index in [0.29, 0.717) is 32.5 Å². The second-order valence-electron chi connectivity index (χ2n) is 6.75. The van der Waals surface area contributed by atoms with Gasteiger partial charge in [-0.1, -0.05) is 0 Å². The van der Waals surface area contributed by atoms with Gasteiger partial charge in [-0.3, -0.25) is 28.1 Å². The fourth-order valence-corrected chi connectivity index (χ4v) is 3.65. The van der Waals surface area contributed by atoms with E-state index in [2.05, 4.69) is 4.98 Å². The minimum Gasteiger partial charge on any atom is -0.466 e. The highest BCUT2D eigenvalue weighted by Gasteiger charge is 2.29. The average Bonchev–Trinajstić information content (AvgIpc) is 3.01. The summed E-state index contributed by atoms with van der Waals surface area (Å²) in [6.45, 7) is 2.76. The van der Waals surface area contributed by atoms with Gasteiger partial charge in [-0.05, 0) is 31.4 Å². The summed E-state index contributed by atoms with van der Waals surface area (Å²) in [7, 11) is 2.84. The number of likely N-dealkylation sites (tertiary alicyclic amines) is 1. The molecular weight excluding hydrogens is 390 g/mol. The van der Waals surface area contributed by atoms with E-state index in [0.717, 1.165) is 4.57 Å². The quantitative estimate of drug-likeness (QED) is 0.513. The first-order valence-corrected chi connectivity index (χ1v) is 9.40. The van der Waals surface area contributed by atoms with Crippen molar-refractivity contribution in [2.75, 3.05) is 19.7 Å². The first-order valence-electron chi connectivity index (χ1n) is 9.02. The average molecular weight is 412 g/mol. The number of amides is 1. The van der Waals surface area contributed by atoms with Crippen LogP contribution in [0.5, 0.6) is 0 Å². The van der Waals surface area contributed by atoms with E-state index < -0.39 is 11.2 Å². The number of esters is 1. The molecule has 1 aliphatic heterocycles. The maximum Gasteiger partial charge on any atom is 0.332 e. The Kier molecular flexibility index (Phi) is 5.59. The van der Waals surface area contributed by atoms with E-state index in [1.54, 1.807) is 11.8 Å². The lowest BCUT2D eigenvalue weighted by atomic mass is 9.97. The molecule has 1 fully saturated rings. The highest BCUT2D eigenvalue weighted by molar-refractivity contribution is 6.29. The van der Waals surface area contributed by atoms with Gasteiger partial charge in [-0.15, -0.1) is 0 Å². The standard InChI is InChI=1S/C17H22ClN5O5/c1-4-28-15(26)10-5-7-22(8-6-10)11(24)9-23-12-13(19-16(23)18)20(2)17(27)21(3)14(12)25/h10H,4-9H2,1-3H3. The summed E-state index contributed by atoms with van der Waals surface area (Å²) < 4.78 is 8.52. The number of hydrogen-bond donors (Lipinski definition) is 0. The van der Waals surface area contributed by atoms with E-state index in [-0.39, 0.29) is 40.8 Å². The molecule has 0 N–H and O–H groups in total. The smallest absolute Gasteiger partial charge is 0.332 e. The molecule has 2 aromatic rings. The molecule has 0 atom stereocenters. The van der Waals surface area contributed by atoms with Crippen LogP contribution in [0, 0.1) is 5.92 Å². The zero-order valence-electron chi connectivity index (χ0n) is 16.0. The van der Waals surface area contributed by atoms with Crippen molar-refractivity contribution in [1.82, 2.24) is 23.6 Å². The Balaban J connectivity index is 1.81. The Morgan fingerprint density at radius 3 is 2.43 bits per heavy atom. The van der Waals surface area contributed by atoms with Gasteiger partial charge < -0.3 is 9.64 Å². The van der Waals surface area contributed by atoms with Crippen LogP contribution in [0.15, 0.2) is 9.59 Å². The highest BCUT2D eigenvalue weighted by Crippen LogP contribution is 2.20. The van der Waals surface area contributed by atoms with E-state index in [4.69, 9.17) is 16.3 Å². The third kappa shape index (κ3) is 3.44. The predicted molar refractivity (Wildman–Crippen MR) is 101 cm³/mol. The summed E-state index contributed by atoms with van der Waals surface area (Å²) in [5, 5.41) is -0.0388. The number of piperidine rings is 1. The molecule has 0 unspecified atom stereocenters. The van der Waals surface area contributed by atoms with Crippen molar-refractivity contribution in [2.45, 2.75) is 26.3 Å². The fraction of sp³-hybridized carbons (Fsp3) is 0.588. The molecule has 2 aromatic heterocycles. The Bertz CT molecular complexity index is 1040. The number of hydrogen-bond acceptors (Lipinski definition) is 6. The maximum absolute atomic E-state index is 12.7. The summed E-state index contributed by atoms with van der Waals surface area (Å²) in [4.78, 5) is 54.8. The van der Waals surface area contributed by atoms with Crippen LogP contribution in [0.25, 0.3) is 11.2 Å². The van der Waals surface area contributed by atoms with Crippen LogP contribution < -0.4 is 11.2 Å². The number of fused-ring (bicyclic) bond motifs is 1. The molecule has 0 aliphatic carbocycles. The normalized spacial score (nSPS) is 15.2. The minimum absolute atomic E-state index is 0.0388. The molecule has 3 rings (SSSR count).